The Balaban J connectivity index is 1.79. The molecule has 2 aromatic carbocycles. The standard InChI is InChI=1S/C22H20N4O2/c1-11-21(12(2)28-26-11)14-8-17(22-19(9-14)23-13(3)24-22)16-10-20(27)25-18-7-5-4-6-15(16)18/h4-9,16H,10H2,1-3H3,(H,23,24)(H,25,27). The fourth-order valence-corrected chi connectivity index (χ4v) is 4.26. The van der Waals surface area contributed by atoms with Crippen LogP contribution < -0.4 is 5.32 Å². The Morgan fingerprint density at radius 2 is 1.93 bits per heavy atom. The Morgan fingerprint density at radius 3 is 2.71 bits per heavy atom. The molecule has 140 valence electrons. The largest absolute Gasteiger partial charge is 0.361 e. The molecule has 0 radical (unpaired) electrons. The van der Waals surface area contributed by atoms with Crippen molar-refractivity contribution in [2.45, 2.75) is 33.1 Å². The van der Waals surface area contributed by atoms with Crippen molar-refractivity contribution in [3.8, 4) is 11.1 Å². The molecule has 1 unspecified atom stereocenters. The minimum absolute atomic E-state index is 0.0202. The van der Waals surface area contributed by atoms with Crippen LogP contribution in [-0.2, 0) is 4.79 Å². The van der Waals surface area contributed by atoms with Gasteiger partial charge >= 0.3 is 0 Å². The summed E-state index contributed by atoms with van der Waals surface area (Å²) in [7, 11) is 0. The van der Waals surface area contributed by atoms with Gasteiger partial charge in [-0.3, -0.25) is 4.79 Å². The normalized spacial score (nSPS) is 16.2. The maximum Gasteiger partial charge on any atom is 0.225 e. The highest BCUT2D eigenvalue weighted by atomic mass is 16.5. The number of hydrogen-bond donors (Lipinski definition) is 2. The molecule has 6 heteroatoms. The number of nitrogens with one attached hydrogen (secondary N) is 2. The van der Waals surface area contributed by atoms with E-state index in [0.717, 1.165) is 56.3 Å². The number of carbonyl (C=O) groups excluding carboxylic acids is 1. The van der Waals surface area contributed by atoms with E-state index in [1.54, 1.807) is 0 Å². The number of hydrogen-bond acceptors (Lipinski definition) is 4. The lowest BCUT2D eigenvalue weighted by Crippen LogP contribution is -2.23. The minimum atomic E-state index is -0.0597. The Bertz CT molecular complexity index is 1220. The number of para-hydroxylation sites is 1. The van der Waals surface area contributed by atoms with Crippen LogP contribution in [0.2, 0.25) is 0 Å². The average Bonchev–Trinajstić information content (AvgIpc) is 3.21. The maximum absolute atomic E-state index is 12.4. The maximum atomic E-state index is 12.4. The molecule has 6 nitrogen and oxygen atoms in total. The number of carbonyl (C=O) groups is 1. The molecule has 28 heavy (non-hydrogen) atoms. The molecule has 0 fully saturated rings. The quantitative estimate of drug-likeness (QED) is 0.538. The summed E-state index contributed by atoms with van der Waals surface area (Å²) >= 11 is 0. The number of benzene rings is 2. The molecule has 4 aromatic rings. The molecule has 2 aromatic heterocycles. The lowest BCUT2D eigenvalue weighted by molar-refractivity contribution is -0.116. The van der Waals surface area contributed by atoms with Crippen LogP contribution in [0.5, 0.6) is 0 Å². The first-order valence-electron chi connectivity index (χ1n) is 9.33. The van der Waals surface area contributed by atoms with E-state index in [0.29, 0.717) is 6.42 Å². The zero-order chi connectivity index (χ0) is 19.4. The van der Waals surface area contributed by atoms with Gasteiger partial charge in [0.1, 0.15) is 11.6 Å². The Hall–Kier alpha value is -3.41. The van der Waals surface area contributed by atoms with E-state index in [1.165, 1.54) is 0 Å². The van der Waals surface area contributed by atoms with Gasteiger partial charge in [-0.05, 0) is 55.7 Å². The van der Waals surface area contributed by atoms with Crippen LogP contribution in [0, 0.1) is 20.8 Å². The Morgan fingerprint density at radius 1 is 1.11 bits per heavy atom. The predicted molar refractivity (Wildman–Crippen MR) is 107 cm³/mol. The van der Waals surface area contributed by atoms with E-state index >= 15 is 0 Å². The predicted octanol–water partition coefficient (Wildman–Crippen LogP) is 4.62. The number of H-pyrrole nitrogens is 1. The number of aromatic nitrogens is 3. The molecule has 1 aliphatic heterocycles. The highest BCUT2D eigenvalue weighted by Gasteiger charge is 2.29. The molecular weight excluding hydrogens is 352 g/mol. The SMILES string of the molecule is Cc1nc2c(C3CC(=O)Nc4ccccc43)cc(-c3c(C)noc3C)cc2[nH]1. The van der Waals surface area contributed by atoms with Crippen LogP contribution in [-0.4, -0.2) is 21.0 Å². The first kappa shape index (κ1) is 16.7. The van der Waals surface area contributed by atoms with Gasteiger partial charge in [-0.15, -0.1) is 0 Å². The van der Waals surface area contributed by atoms with Gasteiger partial charge in [-0.25, -0.2) is 4.98 Å². The molecule has 0 saturated heterocycles. The lowest BCUT2D eigenvalue weighted by atomic mass is 9.83. The van der Waals surface area contributed by atoms with E-state index < -0.39 is 0 Å². The molecule has 0 spiro atoms. The van der Waals surface area contributed by atoms with E-state index in [9.17, 15) is 4.79 Å². The van der Waals surface area contributed by atoms with Crippen molar-refractivity contribution in [3.63, 3.8) is 0 Å². The second-order valence-corrected chi connectivity index (χ2v) is 7.38. The van der Waals surface area contributed by atoms with Crippen molar-refractivity contribution >= 4 is 22.6 Å². The van der Waals surface area contributed by atoms with Gasteiger partial charge in [0.05, 0.1) is 16.7 Å². The number of fused-ring (bicyclic) bond motifs is 2. The number of aryl methyl sites for hydroxylation is 3. The summed E-state index contributed by atoms with van der Waals surface area (Å²) in [6.45, 7) is 5.80. The summed E-state index contributed by atoms with van der Waals surface area (Å²) in [6, 6.07) is 12.2. The van der Waals surface area contributed by atoms with Gasteiger partial charge in [0.25, 0.3) is 0 Å². The molecule has 3 heterocycles. The topological polar surface area (TPSA) is 83.8 Å². The van der Waals surface area contributed by atoms with Crippen molar-refractivity contribution in [2.24, 2.45) is 0 Å². The number of rotatable bonds is 2. The van der Waals surface area contributed by atoms with Crippen LogP contribution in [0.3, 0.4) is 0 Å². The van der Waals surface area contributed by atoms with Crippen molar-refractivity contribution in [3.05, 3.63) is 64.8 Å². The van der Waals surface area contributed by atoms with E-state index in [4.69, 9.17) is 9.51 Å². The molecule has 1 aliphatic rings. The summed E-state index contributed by atoms with van der Waals surface area (Å²) < 4.78 is 5.39. The Kier molecular flexibility index (Phi) is 3.62. The number of imidazole rings is 1. The second-order valence-electron chi connectivity index (χ2n) is 7.38. The number of amides is 1. The smallest absolute Gasteiger partial charge is 0.225 e. The summed E-state index contributed by atoms with van der Waals surface area (Å²) in [4.78, 5) is 20.5. The van der Waals surface area contributed by atoms with Gasteiger partial charge in [-0.2, -0.15) is 0 Å². The van der Waals surface area contributed by atoms with E-state index in [1.807, 2.05) is 39.0 Å². The fraction of sp³-hybridized carbons (Fsp3) is 0.227. The summed E-state index contributed by atoms with van der Waals surface area (Å²) in [5, 5.41) is 7.08. The fourth-order valence-electron chi connectivity index (χ4n) is 4.26. The van der Waals surface area contributed by atoms with Crippen LogP contribution in [0.4, 0.5) is 5.69 Å². The van der Waals surface area contributed by atoms with Gasteiger partial charge in [0, 0.05) is 23.6 Å². The molecular formula is C22H20N4O2. The van der Waals surface area contributed by atoms with Crippen LogP contribution in [0.15, 0.2) is 40.9 Å². The summed E-state index contributed by atoms with van der Waals surface area (Å²) in [5.74, 6) is 1.59. The summed E-state index contributed by atoms with van der Waals surface area (Å²) in [6.07, 6.45) is 0.392. The molecule has 1 amide bonds. The third kappa shape index (κ3) is 2.52. The zero-order valence-corrected chi connectivity index (χ0v) is 16.0. The van der Waals surface area contributed by atoms with Crippen LogP contribution in [0.25, 0.3) is 22.2 Å². The molecule has 5 rings (SSSR count). The lowest BCUT2D eigenvalue weighted by Gasteiger charge is -2.26. The first-order chi connectivity index (χ1) is 13.5. The molecule has 1 atom stereocenters. The van der Waals surface area contributed by atoms with Crippen molar-refractivity contribution in [2.75, 3.05) is 5.32 Å². The number of nitrogens with zero attached hydrogens (tertiary/aromatic N) is 2. The highest BCUT2D eigenvalue weighted by Crippen LogP contribution is 2.41. The molecule has 0 aliphatic carbocycles. The monoisotopic (exact) mass is 372 g/mol. The van der Waals surface area contributed by atoms with Gasteiger partial charge in [0.15, 0.2) is 0 Å². The minimum Gasteiger partial charge on any atom is -0.361 e. The average molecular weight is 372 g/mol. The number of aromatic amines is 1. The Labute approximate surface area is 162 Å². The van der Waals surface area contributed by atoms with Crippen molar-refractivity contribution in [1.82, 2.24) is 15.1 Å². The van der Waals surface area contributed by atoms with Gasteiger partial charge in [-0.1, -0.05) is 23.4 Å². The van der Waals surface area contributed by atoms with Crippen molar-refractivity contribution in [1.29, 1.82) is 0 Å². The van der Waals surface area contributed by atoms with E-state index in [2.05, 4.69) is 33.7 Å². The van der Waals surface area contributed by atoms with Crippen LogP contribution in [0.1, 0.15) is 40.7 Å². The highest BCUT2D eigenvalue weighted by molar-refractivity contribution is 5.97. The summed E-state index contributed by atoms with van der Waals surface area (Å²) in [5.41, 5.74) is 7.73. The zero-order valence-electron chi connectivity index (χ0n) is 16.0. The third-order valence-corrected chi connectivity index (χ3v) is 5.43. The number of anilines is 1. The molecule has 0 saturated carbocycles. The third-order valence-electron chi connectivity index (χ3n) is 5.43. The van der Waals surface area contributed by atoms with Crippen LogP contribution >= 0.6 is 0 Å². The second kappa shape index (κ2) is 6.05. The van der Waals surface area contributed by atoms with Crippen molar-refractivity contribution < 1.29 is 9.32 Å². The first-order valence-corrected chi connectivity index (χ1v) is 9.33. The molecule has 2 N–H and O–H groups in total. The van der Waals surface area contributed by atoms with Gasteiger partial charge < -0.3 is 14.8 Å². The van der Waals surface area contributed by atoms with E-state index in [-0.39, 0.29) is 11.8 Å². The van der Waals surface area contributed by atoms with Gasteiger partial charge in [0.2, 0.25) is 5.91 Å². The molecule has 0 bridgehead atoms.